The van der Waals surface area contributed by atoms with Crippen LogP contribution < -0.4 is 15.4 Å². The topological polar surface area (TPSA) is 55.6 Å². The number of amides is 1. The van der Waals surface area contributed by atoms with Crippen molar-refractivity contribution in [1.82, 2.24) is 0 Å². The maximum absolute atomic E-state index is 12.1. The molecule has 92 valence electrons. The number of anilines is 1. The van der Waals surface area contributed by atoms with E-state index in [0.717, 1.165) is 23.4 Å². The van der Waals surface area contributed by atoms with Gasteiger partial charge in [0.15, 0.2) is 5.60 Å². The minimum atomic E-state index is -0.795. The fourth-order valence-corrected chi connectivity index (χ4v) is 2.07. The van der Waals surface area contributed by atoms with Crippen LogP contribution in [0.3, 0.4) is 0 Å². The second-order valence-corrected chi connectivity index (χ2v) is 4.82. The summed E-state index contributed by atoms with van der Waals surface area (Å²) in [5, 5.41) is 0. The van der Waals surface area contributed by atoms with E-state index >= 15 is 0 Å². The van der Waals surface area contributed by atoms with E-state index in [1.165, 1.54) is 0 Å². The molecule has 2 rings (SSSR count). The highest BCUT2D eigenvalue weighted by Gasteiger charge is 2.39. The number of carbonyl (C=O) groups excluding carboxylic acids is 1. The summed E-state index contributed by atoms with van der Waals surface area (Å²) in [5.74, 6) is 0.716. The van der Waals surface area contributed by atoms with Crippen molar-refractivity contribution in [2.45, 2.75) is 25.9 Å². The molecule has 4 heteroatoms. The Balaban J connectivity index is 2.43. The van der Waals surface area contributed by atoms with E-state index in [1.54, 1.807) is 25.8 Å². The van der Waals surface area contributed by atoms with Gasteiger partial charge in [0.25, 0.3) is 5.91 Å². The zero-order valence-electron chi connectivity index (χ0n) is 10.5. The predicted octanol–water partition coefficient (Wildman–Crippen LogP) is 1.32. The van der Waals surface area contributed by atoms with Crippen LogP contribution in [0.4, 0.5) is 5.69 Å². The maximum Gasteiger partial charge on any atom is 0.270 e. The van der Waals surface area contributed by atoms with Crippen LogP contribution in [0, 0.1) is 0 Å². The van der Waals surface area contributed by atoms with Gasteiger partial charge in [-0.25, -0.2) is 0 Å². The van der Waals surface area contributed by atoms with Crippen LogP contribution in [0.25, 0.3) is 0 Å². The Morgan fingerprint density at radius 1 is 1.41 bits per heavy atom. The Morgan fingerprint density at radius 2 is 2.12 bits per heavy atom. The highest BCUT2D eigenvalue weighted by molar-refractivity contribution is 6.01. The standard InChI is InChI=1S/C13H18N2O2/c1-13(2)12(16)15(3)10-8-9(6-7-14)4-5-11(10)17-13/h4-5,8H,6-7,14H2,1-3H3. The predicted molar refractivity (Wildman–Crippen MR) is 67.3 cm³/mol. The first-order chi connectivity index (χ1) is 7.95. The molecule has 0 saturated carbocycles. The first-order valence-corrected chi connectivity index (χ1v) is 5.76. The smallest absolute Gasteiger partial charge is 0.270 e. The first-order valence-electron chi connectivity index (χ1n) is 5.76. The van der Waals surface area contributed by atoms with Crippen LogP contribution in [0.5, 0.6) is 5.75 Å². The normalized spacial score (nSPS) is 17.6. The van der Waals surface area contributed by atoms with Gasteiger partial charge in [0.2, 0.25) is 0 Å². The molecule has 1 heterocycles. The fourth-order valence-electron chi connectivity index (χ4n) is 2.07. The second-order valence-electron chi connectivity index (χ2n) is 4.82. The van der Waals surface area contributed by atoms with Crippen LogP contribution in [0.15, 0.2) is 18.2 Å². The third-order valence-electron chi connectivity index (χ3n) is 3.00. The minimum absolute atomic E-state index is 0.0325. The maximum atomic E-state index is 12.1. The fraction of sp³-hybridized carbons (Fsp3) is 0.462. The van der Waals surface area contributed by atoms with Gasteiger partial charge < -0.3 is 15.4 Å². The molecule has 1 aromatic rings. The summed E-state index contributed by atoms with van der Waals surface area (Å²) >= 11 is 0. The van der Waals surface area contributed by atoms with Crippen molar-refractivity contribution < 1.29 is 9.53 Å². The molecule has 1 amide bonds. The average molecular weight is 234 g/mol. The van der Waals surface area contributed by atoms with Gasteiger partial charge in [-0.1, -0.05) is 6.07 Å². The van der Waals surface area contributed by atoms with Crippen LogP contribution in [0.1, 0.15) is 19.4 Å². The summed E-state index contributed by atoms with van der Waals surface area (Å²) in [7, 11) is 1.78. The Morgan fingerprint density at radius 3 is 2.76 bits per heavy atom. The van der Waals surface area contributed by atoms with Gasteiger partial charge in [-0.15, -0.1) is 0 Å². The molecular weight excluding hydrogens is 216 g/mol. The van der Waals surface area contributed by atoms with Gasteiger partial charge in [0.1, 0.15) is 5.75 Å². The number of ether oxygens (including phenoxy) is 1. The summed E-state index contributed by atoms with van der Waals surface area (Å²) in [6.45, 7) is 4.16. The molecule has 0 radical (unpaired) electrons. The number of rotatable bonds is 2. The number of fused-ring (bicyclic) bond motifs is 1. The molecule has 4 nitrogen and oxygen atoms in total. The molecular formula is C13H18N2O2. The third-order valence-corrected chi connectivity index (χ3v) is 3.00. The quantitative estimate of drug-likeness (QED) is 0.839. The lowest BCUT2D eigenvalue weighted by Gasteiger charge is -2.37. The summed E-state index contributed by atoms with van der Waals surface area (Å²) in [5.41, 5.74) is 6.67. The SMILES string of the molecule is CN1C(=O)C(C)(C)Oc2ccc(CCN)cc21. The molecule has 0 spiro atoms. The van der Waals surface area contributed by atoms with Crippen molar-refractivity contribution in [3.8, 4) is 5.75 Å². The van der Waals surface area contributed by atoms with Gasteiger partial charge in [-0.3, -0.25) is 4.79 Å². The summed E-state index contributed by atoms with van der Waals surface area (Å²) in [6.07, 6.45) is 0.804. The second kappa shape index (κ2) is 4.04. The summed E-state index contributed by atoms with van der Waals surface area (Å²) in [4.78, 5) is 13.7. The van der Waals surface area contributed by atoms with E-state index in [2.05, 4.69) is 0 Å². The van der Waals surface area contributed by atoms with Crippen molar-refractivity contribution in [3.63, 3.8) is 0 Å². The Labute approximate surface area is 101 Å². The van der Waals surface area contributed by atoms with Crippen LogP contribution in [-0.4, -0.2) is 25.1 Å². The molecule has 0 fully saturated rings. The van der Waals surface area contributed by atoms with E-state index < -0.39 is 5.60 Å². The van der Waals surface area contributed by atoms with Crippen molar-refractivity contribution in [2.24, 2.45) is 5.73 Å². The number of likely N-dealkylation sites (N-methyl/N-ethyl adjacent to an activating group) is 1. The lowest BCUT2D eigenvalue weighted by molar-refractivity contribution is -0.132. The molecule has 0 bridgehead atoms. The number of hydrogen-bond acceptors (Lipinski definition) is 3. The Bertz CT molecular complexity index is 455. The van der Waals surface area contributed by atoms with E-state index in [9.17, 15) is 4.79 Å². The zero-order chi connectivity index (χ0) is 12.6. The zero-order valence-corrected chi connectivity index (χ0v) is 10.5. The summed E-state index contributed by atoms with van der Waals surface area (Å²) < 4.78 is 5.71. The molecule has 17 heavy (non-hydrogen) atoms. The van der Waals surface area contributed by atoms with Gasteiger partial charge >= 0.3 is 0 Å². The van der Waals surface area contributed by atoms with Gasteiger partial charge in [-0.05, 0) is 44.5 Å². The van der Waals surface area contributed by atoms with E-state index in [0.29, 0.717) is 6.54 Å². The third kappa shape index (κ3) is 2.00. The molecule has 0 atom stereocenters. The molecule has 0 saturated heterocycles. The van der Waals surface area contributed by atoms with Crippen molar-refractivity contribution in [1.29, 1.82) is 0 Å². The highest BCUT2D eigenvalue weighted by Crippen LogP contribution is 2.37. The number of benzene rings is 1. The van der Waals surface area contributed by atoms with E-state index in [-0.39, 0.29) is 5.91 Å². The number of nitrogens with zero attached hydrogens (tertiary/aromatic N) is 1. The van der Waals surface area contributed by atoms with Crippen molar-refractivity contribution >= 4 is 11.6 Å². The van der Waals surface area contributed by atoms with Crippen LogP contribution in [-0.2, 0) is 11.2 Å². The Kier molecular flexibility index (Phi) is 2.83. The number of hydrogen-bond donors (Lipinski definition) is 1. The first kappa shape index (κ1) is 11.9. The largest absolute Gasteiger partial charge is 0.476 e. The highest BCUT2D eigenvalue weighted by atomic mass is 16.5. The van der Waals surface area contributed by atoms with Crippen molar-refractivity contribution in [2.75, 3.05) is 18.5 Å². The van der Waals surface area contributed by atoms with E-state index in [1.807, 2.05) is 18.2 Å². The molecule has 2 N–H and O–H groups in total. The van der Waals surface area contributed by atoms with E-state index in [4.69, 9.17) is 10.5 Å². The number of carbonyl (C=O) groups is 1. The molecule has 1 aliphatic heterocycles. The molecule has 0 unspecified atom stereocenters. The van der Waals surface area contributed by atoms with Gasteiger partial charge in [0.05, 0.1) is 5.69 Å². The lowest BCUT2D eigenvalue weighted by Crippen LogP contribution is -2.50. The molecule has 1 aliphatic rings. The lowest BCUT2D eigenvalue weighted by atomic mass is 10.0. The van der Waals surface area contributed by atoms with Gasteiger partial charge in [-0.2, -0.15) is 0 Å². The summed E-state index contributed by atoms with van der Waals surface area (Å²) in [6, 6.07) is 5.87. The average Bonchev–Trinajstić information content (AvgIpc) is 2.27. The van der Waals surface area contributed by atoms with Crippen molar-refractivity contribution in [3.05, 3.63) is 23.8 Å². The monoisotopic (exact) mass is 234 g/mol. The molecule has 0 aliphatic carbocycles. The molecule has 0 aromatic heterocycles. The minimum Gasteiger partial charge on any atom is -0.476 e. The van der Waals surface area contributed by atoms with Crippen LogP contribution in [0.2, 0.25) is 0 Å². The van der Waals surface area contributed by atoms with Crippen LogP contribution >= 0.6 is 0 Å². The van der Waals surface area contributed by atoms with Gasteiger partial charge in [0, 0.05) is 7.05 Å². The number of nitrogens with two attached hydrogens (primary N) is 1. The Hall–Kier alpha value is -1.55. The molecule has 1 aromatic carbocycles.